The molecule has 0 unspecified atom stereocenters. The first-order chi connectivity index (χ1) is 8.69. The molecule has 0 saturated heterocycles. The molecule has 0 aliphatic carbocycles. The van der Waals surface area contributed by atoms with E-state index < -0.39 is 0 Å². The summed E-state index contributed by atoms with van der Waals surface area (Å²) in [6, 6.07) is 13.0. The van der Waals surface area contributed by atoms with Crippen LogP contribution >= 0.6 is 23.2 Å². The van der Waals surface area contributed by atoms with E-state index in [0.29, 0.717) is 23.2 Å². The Bertz CT molecular complexity index is 543. The maximum Gasteiger partial charge on any atom is 0.120 e. The van der Waals surface area contributed by atoms with Gasteiger partial charge in [0, 0.05) is 22.2 Å². The number of ether oxygens (including phenoxy) is 1. The van der Waals surface area contributed by atoms with Crippen LogP contribution in [0.25, 0.3) is 0 Å². The van der Waals surface area contributed by atoms with Crippen LogP contribution in [0.5, 0.6) is 5.75 Å². The Morgan fingerprint density at radius 1 is 1.06 bits per heavy atom. The first-order valence-corrected chi connectivity index (χ1v) is 6.30. The zero-order valence-electron chi connectivity index (χ0n) is 9.70. The summed E-state index contributed by atoms with van der Waals surface area (Å²) in [5.74, 6) is 0.781. The highest BCUT2D eigenvalue weighted by Gasteiger charge is 2.02. The van der Waals surface area contributed by atoms with Crippen molar-refractivity contribution in [3.63, 3.8) is 0 Å². The average Bonchev–Trinajstić information content (AvgIpc) is 2.38. The fourth-order valence-electron chi connectivity index (χ4n) is 1.56. The number of benzene rings is 2. The Hall–Kier alpha value is -1.22. The monoisotopic (exact) mass is 281 g/mol. The van der Waals surface area contributed by atoms with E-state index in [1.807, 2.05) is 30.3 Å². The number of hydrogen-bond donors (Lipinski definition) is 1. The van der Waals surface area contributed by atoms with Crippen LogP contribution in [-0.2, 0) is 13.2 Å². The third-order valence-corrected chi connectivity index (χ3v) is 3.13. The summed E-state index contributed by atoms with van der Waals surface area (Å²) in [7, 11) is 0. The molecule has 0 saturated carbocycles. The van der Waals surface area contributed by atoms with E-state index in [1.165, 1.54) is 0 Å². The minimum absolute atomic E-state index is 0.407. The van der Waals surface area contributed by atoms with E-state index in [1.54, 1.807) is 12.1 Å². The van der Waals surface area contributed by atoms with E-state index in [2.05, 4.69) is 0 Å². The molecule has 0 aromatic heterocycles. The highest BCUT2D eigenvalue weighted by Crippen LogP contribution is 2.23. The molecule has 94 valence electrons. The summed E-state index contributed by atoms with van der Waals surface area (Å²) in [6.45, 7) is 0.906. The number of halogens is 2. The number of hydrogen-bond acceptors (Lipinski definition) is 2. The van der Waals surface area contributed by atoms with Gasteiger partial charge in [-0.05, 0) is 29.8 Å². The minimum Gasteiger partial charge on any atom is -0.489 e. The second kappa shape index (κ2) is 6.10. The van der Waals surface area contributed by atoms with Gasteiger partial charge in [0.25, 0.3) is 0 Å². The van der Waals surface area contributed by atoms with Crippen LogP contribution in [0.4, 0.5) is 0 Å². The molecule has 0 atom stereocenters. The smallest absolute Gasteiger partial charge is 0.120 e. The fourth-order valence-corrected chi connectivity index (χ4v) is 2.03. The predicted molar refractivity (Wildman–Crippen MR) is 75.1 cm³/mol. The van der Waals surface area contributed by atoms with Gasteiger partial charge in [0.2, 0.25) is 0 Å². The Morgan fingerprint density at radius 2 is 1.89 bits per heavy atom. The molecule has 2 N–H and O–H groups in total. The van der Waals surface area contributed by atoms with Gasteiger partial charge in [0.05, 0.1) is 0 Å². The lowest BCUT2D eigenvalue weighted by Crippen LogP contribution is -1.99. The van der Waals surface area contributed by atoms with Gasteiger partial charge in [-0.2, -0.15) is 0 Å². The molecule has 0 radical (unpaired) electrons. The topological polar surface area (TPSA) is 35.2 Å². The molecular formula is C14H13Cl2NO. The van der Waals surface area contributed by atoms with Crippen molar-refractivity contribution in [1.82, 2.24) is 0 Å². The van der Waals surface area contributed by atoms with Crippen molar-refractivity contribution in [1.29, 1.82) is 0 Å². The molecule has 2 nitrogen and oxygen atoms in total. The molecule has 2 rings (SSSR count). The quantitative estimate of drug-likeness (QED) is 0.918. The molecule has 0 spiro atoms. The van der Waals surface area contributed by atoms with E-state index in [4.69, 9.17) is 33.7 Å². The first-order valence-electron chi connectivity index (χ1n) is 5.55. The highest BCUT2D eigenvalue weighted by molar-refractivity contribution is 6.35. The lowest BCUT2D eigenvalue weighted by atomic mass is 10.2. The third kappa shape index (κ3) is 3.39. The predicted octanol–water partition coefficient (Wildman–Crippen LogP) is 4.03. The summed E-state index contributed by atoms with van der Waals surface area (Å²) >= 11 is 11.9. The molecular weight excluding hydrogens is 269 g/mol. The van der Waals surface area contributed by atoms with Crippen LogP contribution in [-0.4, -0.2) is 0 Å². The summed E-state index contributed by atoms with van der Waals surface area (Å²) in [5.41, 5.74) is 7.51. The normalized spacial score (nSPS) is 10.4. The Labute approximate surface area is 116 Å². The van der Waals surface area contributed by atoms with E-state index in [0.717, 1.165) is 16.9 Å². The first kappa shape index (κ1) is 13.2. The van der Waals surface area contributed by atoms with Gasteiger partial charge >= 0.3 is 0 Å². The molecule has 0 aliphatic heterocycles. The van der Waals surface area contributed by atoms with Gasteiger partial charge in [-0.3, -0.25) is 0 Å². The summed E-state index contributed by atoms with van der Waals surface area (Å²) in [6.07, 6.45) is 0. The Morgan fingerprint density at radius 3 is 2.61 bits per heavy atom. The van der Waals surface area contributed by atoms with Crippen LogP contribution in [0, 0.1) is 0 Å². The van der Waals surface area contributed by atoms with Crippen molar-refractivity contribution < 1.29 is 4.74 Å². The zero-order chi connectivity index (χ0) is 13.0. The lowest BCUT2D eigenvalue weighted by Gasteiger charge is -2.09. The summed E-state index contributed by atoms with van der Waals surface area (Å²) in [4.78, 5) is 0. The van der Waals surface area contributed by atoms with E-state index >= 15 is 0 Å². The molecule has 0 bridgehead atoms. The van der Waals surface area contributed by atoms with Crippen LogP contribution in [0.2, 0.25) is 10.0 Å². The summed E-state index contributed by atoms with van der Waals surface area (Å²) in [5, 5.41) is 1.23. The van der Waals surface area contributed by atoms with Crippen molar-refractivity contribution in [2.75, 3.05) is 0 Å². The molecule has 0 heterocycles. The number of rotatable bonds is 4. The maximum absolute atomic E-state index is 6.07. The largest absolute Gasteiger partial charge is 0.489 e. The standard InChI is InChI=1S/C14H13Cl2NO/c15-12-5-4-11(14(16)7-12)9-18-13-3-1-2-10(6-13)8-17/h1-7H,8-9,17H2. The van der Waals surface area contributed by atoms with Crippen molar-refractivity contribution in [2.24, 2.45) is 5.73 Å². The van der Waals surface area contributed by atoms with Crippen molar-refractivity contribution in [3.8, 4) is 5.75 Å². The zero-order valence-corrected chi connectivity index (χ0v) is 11.2. The van der Waals surface area contributed by atoms with E-state index in [-0.39, 0.29) is 0 Å². The molecule has 4 heteroatoms. The van der Waals surface area contributed by atoms with Crippen molar-refractivity contribution >= 4 is 23.2 Å². The maximum atomic E-state index is 6.07. The van der Waals surface area contributed by atoms with Gasteiger partial charge in [0.15, 0.2) is 0 Å². The van der Waals surface area contributed by atoms with Crippen LogP contribution in [0.3, 0.4) is 0 Å². The van der Waals surface area contributed by atoms with Gasteiger partial charge in [-0.1, -0.05) is 41.4 Å². The highest BCUT2D eigenvalue weighted by atomic mass is 35.5. The van der Waals surface area contributed by atoms with E-state index in [9.17, 15) is 0 Å². The fraction of sp³-hybridized carbons (Fsp3) is 0.143. The summed E-state index contributed by atoms with van der Waals surface area (Å²) < 4.78 is 5.67. The third-order valence-electron chi connectivity index (χ3n) is 2.54. The molecule has 0 aliphatic rings. The van der Waals surface area contributed by atoms with Gasteiger partial charge in [-0.15, -0.1) is 0 Å². The lowest BCUT2D eigenvalue weighted by molar-refractivity contribution is 0.306. The van der Waals surface area contributed by atoms with Crippen molar-refractivity contribution in [2.45, 2.75) is 13.2 Å². The second-order valence-corrected chi connectivity index (χ2v) is 4.72. The SMILES string of the molecule is NCc1cccc(OCc2ccc(Cl)cc2Cl)c1. The average molecular weight is 282 g/mol. The minimum atomic E-state index is 0.407. The molecule has 2 aromatic carbocycles. The van der Waals surface area contributed by atoms with Crippen molar-refractivity contribution in [3.05, 3.63) is 63.6 Å². The second-order valence-electron chi connectivity index (χ2n) is 3.88. The Balaban J connectivity index is 2.06. The molecule has 0 amide bonds. The van der Waals surface area contributed by atoms with Gasteiger partial charge in [-0.25, -0.2) is 0 Å². The Kier molecular flexibility index (Phi) is 4.48. The molecule has 18 heavy (non-hydrogen) atoms. The van der Waals surface area contributed by atoms with Crippen LogP contribution in [0.1, 0.15) is 11.1 Å². The molecule has 2 aromatic rings. The van der Waals surface area contributed by atoms with Gasteiger partial charge < -0.3 is 10.5 Å². The van der Waals surface area contributed by atoms with Gasteiger partial charge in [0.1, 0.15) is 12.4 Å². The molecule has 0 fully saturated rings. The van der Waals surface area contributed by atoms with Crippen LogP contribution < -0.4 is 10.5 Å². The van der Waals surface area contributed by atoms with Crippen LogP contribution in [0.15, 0.2) is 42.5 Å². The number of nitrogens with two attached hydrogens (primary N) is 1.